The van der Waals surface area contributed by atoms with Gasteiger partial charge in [0.1, 0.15) is 13.2 Å². The number of hydrogen-bond donors (Lipinski definition) is 1. The summed E-state index contributed by atoms with van der Waals surface area (Å²) in [5, 5.41) is 3.00. The fourth-order valence-corrected chi connectivity index (χ4v) is 3.34. The zero-order chi connectivity index (χ0) is 16.1. The highest BCUT2D eigenvalue weighted by molar-refractivity contribution is 5.94. The minimum Gasteiger partial charge on any atom is -0.486 e. The summed E-state index contributed by atoms with van der Waals surface area (Å²) in [5.74, 6) is 1.31. The fourth-order valence-electron chi connectivity index (χ4n) is 3.34. The Labute approximate surface area is 137 Å². The van der Waals surface area contributed by atoms with Crippen molar-refractivity contribution in [3.63, 3.8) is 0 Å². The van der Waals surface area contributed by atoms with Crippen molar-refractivity contribution in [1.82, 2.24) is 10.2 Å². The fraction of sp³-hybridized carbons (Fsp3) is 0.611. The number of fused-ring (bicyclic) bond motifs is 1. The van der Waals surface area contributed by atoms with Crippen LogP contribution in [0.2, 0.25) is 0 Å². The first-order valence-corrected chi connectivity index (χ1v) is 8.62. The van der Waals surface area contributed by atoms with Gasteiger partial charge in [-0.15, -0.1) is 0 Å². The van der Waals surface area contributed by atoms with E-state index < -0.39 is 0 Å². The van der Waals surface area contributed by atoms with Gasteiger partial charge in [0.25, 0.3) is 5.91 Å². The van der Waals surface area contributed by atoms with Crippen molar-refractivity contribution in [2.45, 2.75) is 38.1 Å². The van der Waals surface area contributed by atoms with Gasteiger partial charge in [-0.3, -0.25) is 4.79 Å². The molecular formula is C18H26N2O3. The molecule has 23 heavy (non-hydrogen) atoms. The molecule has 1 aromatic rings. The highest BCUT2D eigenvalue weighted by Crippen LogP contribution is 2.30. The number of benzene rings is 1. The second-order valence-electron chi connectivity index (χ2n) is 6.39. The SMILES string of the molecule is CN(CCNC(=O)c1ccc2c(c1)OCCO2)C1CCCCC1. The summed E-state index contributed by atoms with van der Waals surface area (Å²) in [4.78, 5) is 14.6. The molecule has 1 heterocycles. The molecule has 0 unspecified atom stereocenters. The molecule has 1 aliphatic heterocycles. The molecule has 1 fully saturated rings. The minimum absolute atomic E-state index is 0.0565. The quantitative estimate of drug-likeness (QED) is 0.906. The third kappa shape index (κ3) is 4.16. The van der Waals surface area contributed by atoms with E-state index in [1.54, 1.807) is 18.2 Å². The lowest BCUT2D eigenvalue weighted by molar-refractivity contribution is 0.0943. The number of rotatable bonds is 5. The standard InChI is InChI=1S/C18H26N2O3/c1-20(15-5-3-2-4-6-15)10-9-19-18(21)14-7-8-16-17(13-14)23-12-11-22-16/h7-8,13,15H,2-6,9-12H2,1H3,(H,19,21). The average molecular weight is 318 g/mol. The molecule has 0 bridgehead atoms. The van der Waals surface area contributed by atoms with Crippen LogP contribution in [-0.2, 0) is 0 Å². The first-order valence-electron chi connectivity index (χ1n) is 8.62. The Morgan fingerprint density at radius 2 is 1.91 bits per heavy atom. The zero-order valence-electron chi connectivity index (χ0n) is 13.8. The van der Waals surface area contributed by atoms with Crippen LogP contribution in [0.25, 0.3) is 0 Å². The number of carbonyl (C=O) groups is 1. The van der Waals surface area contributed by atoms with Gasteiger partial charge >= 0.3 is 0 Å². The van der Waals surface area contributed by atoms with E-state index in [-0.39, 0.29) is 5.91 Å². The van der Waals surface area contributed by atoms with Crippen molar-refractivity contribution in [3.05, 3.63) is 23.8 Å². The minimum atomic E-state index is -0.0565. The van der Waals surface area contributed by atoms with Crippen LogP contribution in [0.1, 0.15) is 42.5 Å². The van der Waals surface area contributed by atoms with Gasteiger partial charge in [-0.2, -0.15) is 0 Å². The normalized spacial score (nSPS) is 18.0. The molecular weight excluding hydrogens is 292 g/mol. The number of amides is 1. The number of nitrogens with one attached hydrogen (secondary N) is 1. The Kier molecular flexibility index (Phi) is 5.39. The molecule has 3 rings (SSSR count). The number of hydrogen-bond acceptors (Lipinski definition) is 4. The van der Waals surface area contributed by atoms with Crippen LogP contribution < -0.4 is 14.8 Å². The van der Waals surface area contributed by atoms with Crippen molar-refractivity contribution in [2.75, 3.05) is 33.4 Å². The largest absolute Gasteiger partial charge is 0.486 e. The first kappa shape index (κ1) is 16.1. The highest BCUT2D eigenvalue weighted by Gasteiger charge is 2.18. The third-order valence-corrected chi connectivity index (χ3v) is 4.75. The first-order chi connectivity index (χ1) is 11.2. The molecule has 5 heteroatoms. The summed E-state index contributed by atoms with van der Waals surface area (Å²) < 4.78 is 11.0. The smallest absolute Gasteiger partial charge is 0.251 e. The monoisotopic (exact) mass is 318 g/mol. The molecule has 0 aromatic heterocycles. The number of likely N-dealkylation sites (N-methyl/N-ethyl adjacent to an activating group) is 1. The number of nitrogens with zero attached hydrogens (tertiary/aromatic N) is 1. The van der Waals surface area contributed by atoms with Gasteiger partial charge in [0.2, 0.25) is 0 Å². The van der Waals surface area contributed by atoms with Gasteiger partial charge in [0.05, 0.1) is 0 Å². The van der Waals surface area contributed by atoms with Crippen LogP contribution in [0.5, 0.6) is 11.5 Å². The maximum Gasteiger partial charge on any atom is 0.251 e. The van der Waals surface area contributed by atoms with E-state index in [2.05, 4.69) is 17.3 Å². The maximum absolute atomic E-state index is 12.3. The van der Waals surface area contributed by atoms with Crippen molar-refractivity contribution in [1.29, 1.82) is 0 Å². The summed E-state index contributed by atoms with van der Waals surface area (Å²) in [6.07, 6.45) is 6.60. The van der Waals surface area contributed by atoms with Gasteiger partial charge in [0.15, 0.2) is 11.5 Å². The van der Waals surface area contributed by atoms with Crippen molar-refractivity contribution < 1.29 is 14.3 Å². The van der Waals surface area contributed by atoms with Gasteiger partial charge in [-0.25, -0.2) is 0 Å². The zero-order valence-corrected chi connectivity index (χ0v) is 13.8. The second kappa shape index (κ2) is 7.68. The highest BCUT2D eigenvalue weighted by atomic mass is 16.6. The summed E-state index contributed by atoms with van der Waals surface area (Å²) in [6.45, 7) is 2.65. The van der Waals surface area contributed by atoms with E-state index >= 15 is 0 Å². The summed E-state index contributed by atoms with van der Waals surface area (Å²) in [5.41, 5.74) is 0.620. The molecule has 1 aromatic carbocycles. The van der Waals surface area contributed by atoms with E-state index in [9.17, 15) is 4.79 Å². The van der Waals surface area contributed by atoms with Gasteiger partial charge in [0, 0.05) is 24.7 Å². The Bertz CT molecular complexity index is 541. The van der Waals surface area contributed by atoms with E-state index in [1.165, 1.54) is 32.1 Å². The third-order valence-electron chi connectivity index (χ3n) is 4.75. The predicted octanol–water partition coefficient (Wildman–Crippen LogP) is 2.45. The van der Waals surface area contributed by atoms with E-state index in [0.29, 0.717) is 42.9 Å². The molecule has 0 spiro atoms. The Morgan fingerprint density at radius 1 is 1.17 bits per heavy atom. The molecule has 2 aliphatic rings. The lowest BCUT2D eigenvalue weighted by Crippen LogP contribution is -2.39. The molecule has 1 amide bonds. The molecule has 5 nitrogen and oxygen atoms in total. The van der Waals surface area contributed by atoms with Crippen LogP contribution in [-0.4, -0.2) is 50.2 Å². The van der Waals surface area contributed by atoms with Gasteiger partial charge in [-0.1, -0.05) is 19.3 Å². The molecule has 1 N–H and O–H groups in total. The average Bonchev–Trinajstić information content (AvgIpc) is 2.61. The van der Waals surface area contributed by atoms with Gasteiger partial charge in [-0.05, 0) is 38.1 Å². The number of ether oxygens (including phenoxy) is 2. The topological polar surface area (TPSA) is 50.8 Å². The van der Waals surface area contributed by atoms with E-state index in [1.807, 2.05) is 0 Å². The molecule has 1 aliphatic carbocycles. The van der Waals surface area contributed by atoms with Crippen LogP contribution in [0.3, 0.4) is 0 Å². The summed E-state index contributed by atoms with van der Waals surface area (Å²) in [6, 6.07) is 6.02. The van der Waals surface area contributed by atoms with Crippen LogP contribution in [0.4, 0.5) is 0 Å². The molecule has 0 radical (unpaired) electrons. The summed E-state index contributed by atoms with van der Waals surface area (Å²) >= 11 is 0. The van der Waals surface area contributed by atoms with Crippen LogP contribution in [0, 0.1) is 0 Å². The van der Waals surface area contributed by atoms with Crippen LogP contribution in [0.15, 0.2) is 18.2 Å². The summed E-state index contributed by atoms with van der Waals surface area (Å²) in [7, 11) is 2.16. The lowest BCUT2D eigenvalue weighted by atomic mass is 9.94. The molecule has 126 valence electrons. The molecule has 0 saturated heterocycles. The van der Waals surface area contributed by atoms with Crippen molar-refractivity contribution >= 4 is 5.91 Å². The maximum atomic E-state index is 12.3. The van der Waals surface area contributed by atoms with E-state index in [4.69, 9.17) is 9.47 Å². The number of carbonyl (C=O) groups excluding carboxylic acids is 1. The van der Waals surface area contributed by atoms with E-state index in [0.717, 1.165) is 6.54 Å². The molecule has 0 atom stereocenters. The Balaban J connectivity index is 1.47. The van der Waals surface area contributed by atoms with Crippen molar-refractivity contribution in [2.24, 2.45) is 0 Å². The van der Waals surface area contributed by atoms with Crippen molar-refractivity contribution in [3.8, 4) is 11.5 Å². The predicted molar refractivity (Wildman–Crippen MR) is 89.3 cm³/mol. The van der Waals surface area contributed by atoms with Gasteiger partial charge < -0.3 is 19.7 Å². The van der Waals surface area contributed by atoms with Crippen LogP contribution >= 0.6 is 0 Å². The Hall–Kier alpha value is -1.75. The Morgan fingerprint density at radius 3 is 2.70 bits per heavy atom. The second-order valence-corrected chi connectivity index (χ2v) is 6.39. The lowest BCUT2D eigenvalue weighted by Gasteiger charge is -2.31. The molecule has 1 saturated carbocycles.